The summed E-state index contributed by atoms with van der Waals surface area (Å²) in [7, 11) is -3.30. The molecule has 0 saturated carbocycles. The predicted molar refractivity (Wildman–Crippen MR) is 172 cm³/mol. The standard InChI is InChI=1S/C33H43N5O4S/c1-8-26-20-37(43(40,41)30-13-11-10-12-29(30)42-26)19-25-18-24(15-14-21(25)3)31(33(6,7)34-23(5)39)27-16-17-28-32(22(27)4)35-36-38(28)9-2/h10-18,26,31,40-41H,8-9,19-20H2,1-7H3,(H,34,39)/t26?,31-/m0/s1. The second-order valence-electron chi connectivity index (χ2n) is 12.0. The van der Waals surface area contributed by atoms with Crippen LogP contribution < -0.4 is 10.1 Å². The average Bonchev–Trinajstić information content (AvgIpc) is 3.34. The molecule has 1 amide bonds. The number of hydrogen-bond donors (Lipinski definition) is 3. The van der Waals surface area contributed by atoms with E-state index in [1.807, 2.05) is 45.4 Å². The van der Waals surface area contributed by atoms with E-state index in [0.29, 0.717) is 23.7 Å². The zero-order valence-corrected chi connectivity index (χ0v) is 26.9. The Morgan fingerprint density at radius 3 is 2.58 bits per heavy atom. The van der Waals surface area contributed by atoms with E-state index < -0.39 is 16.3 Å². The maximum absolute atomic E-state index is 12.4. The van der Waals surface area contributed by atoms with Gasteiger partial charge in [-0.25, -0.2) is 4.68 Å². The summed E-state index contributed by atoms with van der Waals surface area (Å²) in [5, 5.41) is 12.0. The Kier molecular flexibility index (Phi) is 8.59. The fourth-order valence-electron chi connectivity index (χ4n) is 6.30. The number of nitrogens with one attached hydrogen (secondary N) is 1. The van der Waals surface area contributed by atoms with Crippen molar-refractivity contribution in [2.24, 2.45) is 0 Å². The summed E-state index contributed by atoms with van der Waals surface area (Å²) >= 11 is 0. The van der Waals surface area contributed by atoms with E-state index in [9.17, 15) is 13.9 Å². The molecule has 0 aliphatic carbocycles. The van der Waals surface area contributed by atoms with Crippen LogP contribution in [0.4, 0.5) is 0 Å². The largest absolute Gasteiger partial charge is 0.487 e. The lowest BCUT2D eigenvalue weighted by molar-refractivity contribution is -0.120. The van der Waals surface area contributed by atoms with Gasteiger partial charge in [0.1, 0.15) is 22.3 Å². The number of carbonyl (C=O) groups is 1. The lowest BCUT2D eigenvalue weighted by Gasteiger charge is -2.42. The summed E-state index contributed by atoms with van der Waals surface area (Å²) < 4.78 is 33.0. The number of carbonyl (C=O) groups excluding carboxylic acids is 1. The van der Waals surface area contributed by atoms with E-state index in [2.05, 4.69) is 52.9 Å². The Morgan fingerprint density at radius 2 is 1.88 bits per heavy atom. The highest BCUT2D eigenvalue weighted by molar-refractivity contribution is 8.22. The molecule has 2 atom stereocenters. The van der Waals surface area contributed by atoms with E-state index in [0.717, 1.165) is 51.8 Å². The fourth-order valence-corrected chi connectivity index (χ4v) is 7.92. The van der Waals surface area contributed by atoms with Crippen LogP contribution in [0.25, 0.3) is 11.0 Å². The summed E-state index contributed by atoms with van der Waals surface area (Å²) in [6.07, 6.45) is 0.548. The summed E-state index contributed by atoms with van der Waals surface area (Å²) in [5.74, 6) is 0.190. The molecular weight excluding hydrogens is 562 g/mol. The third kappa shape index (κ3) is 5.89. The number of aromatic nitrogens is 3. The summed E-state index contributed by atoms with van der Waals surface area (Å²) in [4.78, 5) is 12.8. The molecule has 9 nitrogen and oxygen atoms in total. The Balaban J connectivity index is 1.61. The SMILES string of the molecule is CCC1CN(Cc2cc([C@@H](c3ccc4c(nnn4CC)c3C)C(C)(C)NC(C)=O)ccc2C)S(O)(O)c2ccccc2O1. The minimum absolute atomic E-state index is 0.110. The molecule has 3 N–H and O–H groups in total. The topological polar surface area (TPSA) is 113 Å². The second kappa shape index (κ2) is 11.9. The third-order valence-electron chi connectivity index (χ3n) is 8.53. The van der Waals surface area contributed by atoms with Gasteiger partial charge in [0.15, 0.2) is 0 Å². The number of benzene rings is 3. The number of rotatable bonds is 8. The van der Waals surface area contributed by atoms with Crippen molar-refractivity contribution in [3.8, 4) is 5.75 Å². The molecular formula is C33H43N5O4S. The van der Waals surface area contributed by atoms with Crippen molar-refractivity contribution in [3.05, 3.63) is 82.4 Å². The van der Waals surface area contributed by atoms with Gasteiger partial charge in [-0.2, -0.15) is 4.31 Å². The fraction of sp³-hybridized carbons (Fsp3) is 0.424. The maximum atomic E-state index is 12.4. The zero-order valence-electron chi connectivity index (χ0n) is 26.1. The van der Waals surface area contributed by atoms with Crippen LogP contribution in [-0.2, 0) is 17.9 Å². The van der Waals surface area contributed by atoms with Gasteiger partial charge in [0.05, 0.1) is 12.1 Å². The molecule has 0 fully saturated rings. The molecule has 4 aromatic rings. The van der Waals surface area contributed by atoms with E-state index in [4.69, 9.17) is 4.74 Å². The van der Waals surface area contributed by atoms with Crippen LogP contribution in [0.2, 0.25) is 0 Å². The maximum Gasteiger partial charge on any atom is 0.217 e. The van der Waals surface area contributed by atoms with Crippen molar-refractivity contribution in [2.45, 2.75) is 90.4 Å². The van der Waals surface area contributed by atoms with Crippen LogP contribution in [0, 0.1) is 13.8 Å². The van der Waals surface area contributed by atoms with E-state index in [1.54, 1.807) is 22.5 Å². The average molecular weight is 606 g/mol. The van der Waals surface area contributed by atoms with E-state index in [1.165, 1.54) is 6.92 Å². The number of para-hydroxylation sites is 1. The molecule has 0 spiro atoms. The molecule has 43 heavy (non-hydrogen) atoms. The molecule has 230 valence electrons. The van der Waals surface area contributed by atoms with Crippen molar-refractivity contribution in [3.63, 3.8) is 0 Å². The molecule has 5 rings (SSSR count). The Morgan fingerprint density at radius 1 is 1.14 bits per heavy atom. The molecule has 3 aromatic carbocycles. The van der Waals surface area contributed by atoms with Gasteiger partial charge in [-0.3, -0.25) is 13.9 Å². The highest BCUT2D eigenvalue weighted by Crippen LogP contribution is 2.57. The lowest BCUT2D eigenvalue weighted by atomic mass is 9.75. The van der Waals surface area contributed by atoms with Crippen LogP contribution in [0.1, 0.15) is 74.8 Å². The van der Waals surface area contributed by atoms with Crippen LogP contribution in [0.15, 0.2) is 59.5 Å². The molecule has 0 radical (unpaired) electrons. The van der Waals surface area contributed by atoms with Crippen LogP contribution in [-0.4, -0.2) is 52.5 Å². The summed E-state index contributed by atoms with van der Waals surface area (Å²) in [6, 6.07) is 17.7. The van der Waals surface area contributed by atoms with Crippen molar-refractivity contribution in [1.82, 2.24) is 24.6 Å². The normalized spacial score (nSPS) is 18.4. The van der Waals surface area contributed by atoms with Gasteiger partial charge in [0.2, 0.25) is 5.91 Å². The van der Waals surface area contributed by atoms with E-state index in [-0.39, 0.29) is 17.9 Å². The molecule has 1 unspecified atom stereocenters. The van der Waals surface area contributed by atoms with Crippen molar-refractivity contribution in [2.75, 3.05) is 6.54 Å². The number of hydrogen-bond acceptors (Lipinski definition) is 7. The molecule has 1 aliphatic rings. The van der Waals surface area contributed by atoms with Crippen LogP contribution in [0.5, 0.6) is 5.75 Å². The minimum Gasteiger partial charge on any atom is -0.487 e. The van der Waals surface area contributed by atoms with E-state index >= 15 is 0 Å². The lowest BCUT2D eigenvalue weighted by Crippen LogP contribution is -2.47. The van der Waals surface area contributed by atoms with Gasteiger partial charge < -0.3 is 10.1 Å². The molecule has 0 bridgehead atoms. The number of aryl methyl sites for hydroxylation is 3. The van der Waals surface area contributed by atoms with Gasteiger partial charge >= 0.3 is 0 Å². The highest BCUT2D eigenvalue weighted by Gasteiger charge is 2.37. The smallest absolute Gasteiger partial charge is 0.217 e. The molecule has 1 aliphatic heterocycles. The summed E-state index contributed by atoms with van der Waals surface area (Å²) in [6.45, 7) is 15.2. The van der Waals surface area contributed by atoms with Crippen molar-refractivity contribution >= 4 is 27.7 Å². The number of fused-ring (bicyclic) bond motifs is 2. The highest BCUT2D eigenvalue weighted by atomic mass is 32.3. The predicted octanol–water partition coefficient (Wildman–Crippen LogP) is 6.81. The summed E-state index contributed by atoms with van der Waals surface area (Å²) in [5.41, 5.74) is 6.27. The molecule has 2 heterocycles. The second-order valence-corrected chi connectivity index (χ2v) is 14.0. The first kappa shape index (κ1) is 31.0. The van der Waals surface area contributed by atoms with Gasteiger partial charge in [0.25, 0.3) is 0 Å². The third-order valence-corrected chi connectivity index (χ3v) is 10.5. The monoisotopic (exact) mass is 605 g/mol. The first-order chi connectivity index (χ1) is 20.4. The molecule has 10 heteroatoms. The van der Waals surface area contributed by atoms with Crippen molar-refractivity contribution in [1.29, 1.82) is 0 Å². The van der Waals surface area contributed by atoms with Gasteiger partial charge in [-0.05, 0) is 87.1 Å². The van der Waals surface area contributed by atoms with Gasteiger partial charge in [0, 0.05) is 31.5 Å². The van der Waals surface area contributed by atoms with Crippen LogP contribution in [0.3, 0.4) is 0 Å². The van der Waals surface area contributed by atoms with Gasteiger partial charge in [-0.15, -0.1) is 15.9 Å². The minimum atomic E-state index is -3.30. The van der Waals surface area contributed by atoms with Crippen molar-refractivity contribution < 1.29 is 18.6 Å². The Labute approximate surface area is 255 Å². The molecule has 0 saturated heterocycles. The first-order valence-electron chi connectivity index (χ1n) is 14.9. The number of amides is 1. The Bertz CT molecular complexity index is 1650. The van der Waals surface area contributed by atoms with Gasteiger partial charge in [-0.1, -0.05) is 48.5 Å². The first-order valence-corrected chi connectivity index (χ1v) is 16.4. The number of nitrogens with zero attached hydrogens (tertiary/aromatic N) is 4. The quantitative estimate of drug-likeness (QED) is 0.202. The Hall–Kier alpha value is -3.44. The molecule has 1 aromatic heterocycles. The number of ether oxygens (including phenoxy) is 1. The van der Waals surface area contributed by atoms with Crippen LogP contribution >= 0.6 is 10.8 Å². The zero-order chi connectivity index (χ0) is 31.1.